The fourth-order valence-electron chi connectivity index (χ4n) is 1.49. The standard InChI is InChI=1S/C13H21N/c1-3-5-7-12-8-6-9-13(11-12)14-10-4-2/h6,8-9,11,14H,3-5,7,10H2,1-2H3. The molecule has 0 radical (unpaired) electrons. The van der Waals surface area contributed by atoms with Crippen molar-refractivity contribution in [2.24, 2.45) is 0 Å². The number of hydrogen-bond donors (Lipinski definition) is 1. The van der Waals surface area contributed by atoms with Gasteiger partial charge in [-0.1, -0.05) is 32.4 Å². The fraction of sp³-hybridized carbons (Fsp3) is 0.538. The molecule has 14 heavy (non-hydrogen) atoms. The van der Waals surface area contributed by atoms with Gasteiger partial charge in [0.25, 0.3) is 0 Å². The second-order valence-electron chi connectivity index (χ2n) is 3.73. The van der Waals surface area contributed by atoms with Crippen molar-refractivity contribution in [3.05, 3.63) is 29.8 Å². The van der Waals surface area contributed by atoms with E-state index < -0.39 is 0 Å². The molecule has 0 heterocycles. The van der Waals surface area contributed by atoms with Gasteiger partial charge in [0.15, 0.2) is 0 Å². The molecule has 1 aromatic rings. The maximum atomic E-state index is 3.41. The Hall–Kier alpha value is -0.980. The summed E-state index contributed by atoms with van der Waals surface area (Å²) in [6, 6.07) is 8.77. The number of hydrogen-bond acceptors (Lipinski definition) is 1. The van der Waals surface area contributed by atoms with Gasteiger partial charge in [0.1, 0.15) is 0 Å². The number of unbranched alkanes of at least 4 members (excludes halogenated alkanes) is 1. The molecule has 0 unspecified atom stereocenters. The first-order valence-electron chi connectivity index (χ1n) is 5.69. The van der Waals surface area contributed by atoms with Crippen molar-refractivity contribution in [2.75, 3.05) is 11.9 Å². The Kier molecular flexibility index (Phi) is 5.13. The second-order valence-corrected chi connectivity index (χ2v) is 3.73. The largest absolute Gasteiger partial charge is 0.385 e. The Labute approximate surface area is 87.5 Å². The van der Waals surface area contributed by atoms with Gasteiger partial charge in [0, 0.05) is 12.2 Å². The van der Waals surface area contributed by atoms with Gasteiger partial charge in [-0.3, -0.25) is 0 Å². The maximum Gasteiger partial charge on any atom is 0.0342 e. The first-order chi connectivity index (χ1) is 6.86. The smallest absolute Gasteiger partial charge is 0.0342 e. The molecule has 0 aromatic heterocycles. The molecule has 1 N–H and O–H groups in total. The van der Waals surface area contributed by atoms with Crippen molar-refractivity contribution < 1.29 is 0 Å². The molecule has 0 saturated heterocycles. The zero-order valence-corrected chi connectivity index (χ0v) is 9.34. The zero-order chi connectivity index (χ0) is 10.2. The minimum absolute atomic E-state index is 1.07. The van der Waals surface area contributed by atoms with Crippen LogP contribution in [0.4, 0.5) is 5.69 Å². The predicted octanol–water partition coefficient (Wildman–Crippen LogP) is 3.85. The van der Waals surface area contributed by atoms with Gasteiger partial charge >= 0.3 is 0 Å². The highest BCUT2D eigenvalue weighted by Gasteiger charge is 1.94. The van der Waals surface area contributed by atoms with Crippen LogP contribution >= 0.6 is 0 Å². The minimum Gasteiger partial charge on any atom is -0.385 e. The summed E-state index contributed by atoms with van der Waals surface area (Å²) in [5, 5.41) is 3.41. The highest BCUT2D eigenvalue weighted by molar-refractivity contribution is 5.45. The SMILES string of the molecule is CCCCc1cccc(NCCC)c1. The summed E-state index contributed by atoms with van der Waals surface area (Å²) in [5.41, 5.74) is 2.72. The van der Waals surface area contributed by atoms with Crippen LogP contribution in [0.25, 0.3) is 0 Å². The van der Waals surface area contributed by atoms with Crippen LogP contribution in [0.5, 0.6) is 0 Å². The number of anilines is 1. The second kappa shape index (κ2) is 6.47. The number of aryl methyl sites for hydroxylation is 1. The van der Waals surface area contributed by atoms with Crippen molar-refractivity contribution >= 4 is 5.69 Å². The van der Waals surface area contributed by atoms with Crippen molar-refractivity contribution in [1.82, 2.24) is 0 Å². The van der Waals surface area contributed by atoms with Crippen LogP contribution in [0, 0.1) is 0 Å². The van der Waals surface area contributed by atoms with E-state index in [4.69, 9.17) is 0 Å². The topological polar surface area (TPSA) is 12.0 Å². The van der Waals surface area contributed by atoms with Crippen molar-refractivity contribution in [1.29, 1.82) is 0 Å². The Bertz CT molecular complexity index is 232. The Morgan fingerprint density at radius 3 is 2.71 bits per heavy atom. The summed E-state index contributed by atoms with van der Waals surface area (Å²) < 4.78 is 0. The average Bonchev–Trinajstić information content (AvgIpc) is 2.24. The molecule has 0 aliphatic heterocycles. The molecule has 0 atom stereocenters. The van der Waals surface area contributed by atoms with Crippen molar-refractivity contribution in [2.45, 2.75) is 39.5 Å². The van der Waals surface area contributed by atoms with E-state index in [0.717, 1.165) is 6.54 Å². The zero-order valence-electron chi connectivity index (χ0n) is 9.34. The molecule has 1 aromatic carbocycles. The third-order valence-corrected chi connectivity index (χ3v) is 2.33. The Morgan fingerprint density at radius 1 is 1.14 bits per heavy atom. The van der Waals surface area contributed by atoms with Gasteiger partial charge in [0.05, 0.1) is 0 Å². The molecular formula is C13H21N. The van der Waals surface area contributed by atoms with Crippen LogP contribution in [0.3, 0.4) is 0 Å². The molecule has 0 amide bonds. The van der Waals surface area contributed by atoms with E-state index >= 15 is 0 Å². The number of benzene rings is 1. The third-order valence-electron chi connectivity index (χ3n) is 2.33. The monoisotopic (exact) mass is 191 g/mol. The lowest BCUT2D eigenvalue weighted by atomic mass is 10.1. The van der Waals surface area contributed by atoms with E-state index in [2.05, 4.69) is 43.4 Å². The lowest BCUT2D eigenvalue weighted by Crippen LogP contribution is -1.99. The van der Waals surface area contributed by atoms with E-state index in [9.17, 15) is 0 Å². The van der Waals surface area contributed by atoms with Gasteiger partial charge in [-0.15, -0.1) is 0 Å². The van der Waals surface area contributed by atoms with Crippen LogP contribution in [0.2, 0.25) is 0 Å². The van der Waals surface area contributed by atoms with Crippen LogP contribution in [-0.2, 0) is 6.42 Å². The minimum atomic E-state index is 1.07. The summed E-state index contributed by atoms with van der Waals surface area (Å²) in [6.45, 7) is 5.49. The quantitative estimate of drug-likeness (QED) is 0.720. The molecule has 0 saturated carbocycles. The summed E-state index contributed by atoms with van der Waals surface area (Å²) in [5.74, 6) is 0. The first-order valence-corrected chi connectivity index (χ1v) is 5.69. The highest BCUT2D eigenvalue weighted by Crippen LogP contribution is 2.12. The summed E-state index contributed by atoms with van der Waals surface area (Å²) in [7, 11) is 0. The van der Waals surface area contributed by atoms with Gasteiger partial charge in [-0.2, -0.15) is 0 Å². The van der Waals surface area contributed by atoms with Crippen LogP contribution in [0.1, 0.15) is 38.7 Å². The summed E-state index contributed by atoms with van der Waals surface area (Å²) >= 11 is 0. The molecule has 1 heteroatoms. The van der Waals surface area contributed by atoms with E-state index in [0.29, 0.717) is 0 Å². The molecule has 1 nitrogen and oxygen atoms in total. The summed E-state index contributed by atoms with van der Waals surface area (Å²) in [6.07, 6.45) is 4.95. The maximum absolute atomic E-state index is 3.41. The van der Waals surface area contributed by atoms with Gasteiger partial charge in [0.2, 0.25) is 0 Å². The number of rotatable bonds is 6. The van der Waals surface area contributed by atoms with Gasteiger partial charge in [-0.25, -0.2) is 0 Å². The van der Waals surface area contributed by atoms with E-state index in [-0.39, 0.29) is 0 Å². The third kappa shape index (κ3) is 3.82. The Morgan fingerprint density at radius 2 is 2.00 bits per heavy atom. The molecule has 0 bridgehead atoms. The van der Waals surface area contributed by atoms with Gasteiger partial charge < -0.3 is 5.32 Å². The van der Waals surface area contributed by atoms with Crippen LogP contribution < -0.4 is 5.32 Å². The fourth-order valence-corrected chi connectivity index (χ4v) is 1.49. The highest BCUT2D eigenvalue weighted by atomic mass is 14.9. The number of nitrogens with one attached hydrogen (secondary N) is 1. The van der Waals surface area contributed by atoms with E-state index in [1.807, 2.05) is 0 Å². The lowest BCUT2D eigenvalue weighted by molar-refractivity contribution is 0.795. The molecule has 1 rings (SSSR count). The van der Waals surface area contributed by atoms with Crippen LogP contribution in [0.15, 0.2) is 24.3 Å². The van der Waals surface area contributed by atoms with E-state index in [1.165, 1.54) is 36.9 Å². The molecule has 0 aliphatic carbocycles. The molecule has 0 spiro atoms. The normalized spacial score (nSPS) is 10.1. The lowest BCUT2D eigenvalue weighted by Gasteiger charge is -2.06. The van der Waals surface area contributed by atoms with E-state index in [1.54, 1.807) is 0 Å². The van der Waals surface area contributed by atoms with Gasteiger partial charge in [-0.05, 0) is 37.0 Å². The molecule has 78 valence electrons. The van der Waals surface area contributed by atoms with Crippen LogP contribution in [-0.4, -0.2) is 6.54 Å². The Balaban J connectivity index is 2.50. The molecule has 0 aliphatic rings. The predicted molar refractivity (Wildman–Crippen MR) is 63.8 cm³/mol. The first kappa shape index (κ1) is 11.1. The molecular weight excluding hydrogens is 170 g/mol. The average molecular weight is 191 g/mol. The summed E-state index contributed by atoms with van der Waals surface area (Å²) in [4.78, 5) is 0. The van der Waals surface area contributed by atoms with Crippen molar-refractivity contribution in [3.8, 4) is 0 Å². The molecule has 0 fully saturated rings. The van der Waals surface area contributed by atoms with Crippen molar-refractivity contribution in [3.63, 3.8) is 0 Å².